The Morgan fingerprint density at radius 1 is 1.37 bits per heavy atom. The molecular formula is C11H6BrClN2O4. The van der Waals surface area contributed by atoms with Crippen LogP contribution in [0.3, 0.4) is 0 Å². The second-order valence-electron chi connectivity index (χ2n) is 3.46. The van der Waals surface area contributed by atoms with E-state index in [1.54, 1.807) is 18.2 Å². The Balaban J connectivity index is 2.20. The lowest BCUT2D eigenvalue weighted by Gasteiger charge is -2.05. The van der Waals surface area contributed by atoms with Gasteiger partial charge in [-0.2, -0.15) is 0 Å². The molecule has 19 heavy (non-hydrogen) atoms. The first-order valence-electron chi connectivity index (χ1n) is 4.94. The summed E-state index contributed by atoms with van der Waals surface area (Å²) in [6.45, 7) is 0. The Kier molecular flexibility index (Phi) is 3.87. The van der Waals surface area contributed by atoms with Gasteiger partial charge in [-0.3, -0.25) is 4.79 Å². The molecule has 98 valence electrons. The van der Waals surface area contributed by atoms with Crippen LogP contribution in [0, 0.1) is 0 Å². The summed E-state index contributed by atoms with van der Waals surface area (Å²) in [5.41, 5.74) is 0.307. The van der Waals surface area contributed by atoms with Gasteiger partial charge in [-0.15, -0.1) is 0 Å². The van der Waals surface area contributed by atoms with Crippen LogP contribution in [0.1, 0.15) is 21.0 Å². The van der Waals surface area contributed by atoms with Crippen molar-refractivity contribution in [2.45, 2.75) is 0 Å². The Hall–Kier alpha value is -1.86. The zero-order valence-electron chi connectivity index (χ0n) is 9.18. The molecule has 6 nitrogen and oxygen atoms in total. The van der Waals surface area contributed by atoms with Crippen molar-refractivity contribution in [3.63, 3.8) is 0 Å². The molecule has 0 radical (unpaired) electrons. The predicted octanol–water partition coefficient (Wildman–Crippen LogP) is 3.04. The number of hydrogen-bond acceptors (Lipinski definition) is 4. The lowest BCUT2D eigenvalue weighted by molar-refractivity contribution is 0.0651. The molecule has 1 aromatic carbocycles. The molecule has 1 heterocycles. The van der Waals surface area contributed by atoms with E-state index in [9.17, 15) is 9.59 Å². The third-order valence-electron chi connectivity index (χ3n) is 2.13. The number of anilines is 1. The van der Waals surface area contributed by atoms with Crippen molar-refractivity contribution in [1.82, 2.24) is 5.16 Å². The summed E-state index contributed by atoms with van der Waals surface area (Å²) in [5.74, 6) is -2.30. The molecule has 1 amide bonds. The minimum absolute atomic E-state index is 0.135. The van der Waals surface area contributed by atoms with Gasteiger partial charge in [0.05, 0.1) is 5.69 Å². The van der Waals surface area contributed by atoms with Crippen LogP contribution in [0.4, 0.5) is 5.69 Å². The second kappa shape index (κ2) is 5.41. The molecule has 2 rings (SSSR count). The standard InChI is InChI=1S/C11H6BrClN2O4/c12-6-2-1-5(13)3-7(6)14-10(16)8-4-9(11(17)18)19-15-8/h1-4H,(H,14,16)(H,17,18). The Labute approximate surface area is 120 Å². The predicted molar refractivity (Wildman–Crippen MR) is 70.6 cm³/mol. The van der Waals surface area contributed by atoms with E-state index < -0.39 is 17.6 Å². The normalized spacial score (nSPS) is 10.2. The van der Waals surface area contributed by atoms with Gasteiger partial charge in [0.1, 0.15) is 0 Å². The molecule has 0 saturated carbocycles. The van der Waals surface area contributed by atoms with E-state index in [1.807, 2.05) is 0 Å². The molecule has 0 atom stereocenters. The van der Waals surface area contributed by atoms with Gasteiger partial charge in [-0.25, -0.2) is 4.79 Å². The molecule has 0 unspecified atom stereocenters. The fourth-order valence-electron chi connectivity index (χ4n) is 1.26. The van der Waals surface area contributed by atoms with E-state index in [-0.39, 0.29) is 5.69 Å². The van der Waals surface area contributed by atoms with Gasteiger partial charge < -0.3 is 14.9 Å². The van der Waals surface area contributed by atoms with Crippen LogP contribution in [0.5, 0.6) is 0 Å². The Bertz CT molecular complexity index is 656. The first-order chi connectivity index (χ1) is 8.97. The molecule has 0 spiro atoms. The van der Waals surface area contributed by atoms with Crippen LogP contribution < -0.4 is 5.32 Å². The molecule has 0 aliphatic carbocycles. The van der Waals surface area contributed by atoms with Gasteiger partial charge in [-0.1, -0.05) is 16.8 Å². The number of aromatic nitrogens is 1. The highest BCUT2D eigenvalue weighted by Crippen LogP contribution is 2.26. The summed E-state index contributed by atoms with van der Waals surface area (Å²) >= 11 is 9.06. The van der Waals surface area contributed by atoms with E-state index >= 15 is 0 Å². The maximum Gasteiger partial charge on any atom is 0.374 e. The van der Waals surface area contributed by atoms with Crippen LogP contribution >= 0.6 is 27.5 Å². The zero-order chi connectivity index (χ0) is 14.0. The number of aromatic carboxylic acids is 1. The molecule has 0 aliphatic heterocycles. The Morgan fingerprint density at radius 2 is 2.11 bits per heavy atom. The van der Waals surface area contributed by atoms with Crippen molar-refractivity contribution in [1.29, 1.82) is 0 Å². The number of hydrogen-bond donors (Lipinski definition) is 2. The third-order valence-corrected chi connectivity index (χ3v) is 3.06. The molecule has 0 saturated heterocycles. The lowest BCUT2D eigenvalue weighted by Crippen LogP contribution is -2.12. The minimum Gasteiger partial charge on any atom is -0.475 e. The fraction of sp³-hybridized carbons (Fsp3) is 0. The summed E-state index contributed by atoms with van der Waals surface area (Å²) < 4.78 is 5.12. The van der Waals surface area contributed by atoms with Crippen molar-refractivity contribution < 1.29 is 19.2 Å². The van der Waals surface area contributed by atoms with E-state index in [0.717, 1.165) is 6.07 Å². The summed E-state index contributed by atoms with van der Waals surface area (Å²) in [6.07, 6.45) is 0. The second-order valence-corrected chi connectivity index (χ2v) is 4.75. The lowest BCUT2D eigenvalue weighted by atomic mass is 10.3. The largest absolute Gasteiger partial charge is 0.475 e. The first kappa shape index (κ1) is 13.6. The van der Waals surface area contributed by atoms with Crippen LogP contribution in [-0.2, 0) is 0 Å². The van der Waals surface area contributed by atoms with E-state index in [1.165, 1.54) is 0 Å². The highest BCUT2D eigenvalue weighted by Gasteiger charge is 2.17. The van der Waals surface area contributed by atoms with Crippen molar-refractivity contribution >= 4 is 45.1 Å². The molecule has 2 aromatic rings. The van der Waals surface area contributed by atoms with Crippen LogP contribution in [0.2, 0.25) is 5.02 Å². The number of nitrogens with one attached hydrogen (secondary N) is 1. The average Bonchev–Trinajstić information content (AvgIpc) is 2.83. The van der Waals surface area contributed by atoms with E-state index in [2.05, 4.69) is 30.9 Å². The number of halogens is 2. The summed E-state index contributed by atoms with van der Waals surface area (Å²) in [6, 6.07) is 5.90. The molecule has 0 bridgehead atoms. The third kappa shape index (κ3) is 3.12. The van der Waals surface area contributed by atoms with Gasteiger partial charge in [0.25, 0.3) is 5.91 Å². The number of nitrogens with zero attached hydrogens (tertiary/aromatic N) is 1. The number of carboxylic acids is 1. The van der Waals surface area contributed by atoms with Crippen molar-refractivity contribution in [3.05, 3.63) is 45.2 Å². The highest BCUT2D eigenvalue weighted by molar-refractivity contribution is 9.10. The first-order valence-corrected chi connectivity index (χ1v) is 6.11. The van der Waals surface area contributed by atoms with Gasteiger partial charge in [0, 0.05) is 15.6 Å². The Morgan fingerprint density at radius 3 is 2.74 bits per heavy atom. The zero-order valence-corrected chi connectivity index (χ0v) is 11.5. The van der Waals surface area contributed by atoms with Crippen LogP contribution in [-0.4, -0.2) is 22.1 Å². The topological polar surface area (TPSA) is 92.4 Å². The molecule has 0 aliphatic rings. The fourth-order valence-corrected chi connectivity index (χ4v) is 1.78. The maximum absolute atomic E-state index is 11.8. The highest BCUT2D eigenvalue weighted by atomic mass is 79.9. The SMILES string of the molecule is O=C(Nc1cc(Cl)ccc1Br)c1cc(C(=O)O)on1. The van der Waals surface area contributed by atoms with Crippen molar-refractivity contribution in [2.24, 2.45) is 0 Å². The van der Waals surface area contributed by atoms with Gasteiger partial charge in [0.2, 0.25) is 5.76 Å². The van der Waals surface area contributed by atoms with Crippen LogP contribution in [0.15, 0.2) is 33.3 Å². The number of amides is 1. The van der Waals surface area contributed by atoms with Crippen LogP contribution in [0.25, 0.3) is 0 Å². The van der Waals surface area contributed by atoms with Gasteiger partial charge in [0.15, 0.2) is 5.69 Å². The average molecular weight is 346 g/mol. The number of carbonyl (C=O) groups is 2. The summed E-state index contributed by atoms with van der Waals surface area (Å²) in [5, 5.41) is 15.0. The van der Waals surface area contributed by atoms with E-state index in [0.29, 0.717) is 15.2 Å². The summed E-state index contributed by atoms with van der Waals surface area (Å²) in [4.78, 5) is 22.4. The van der Waals surface area contributed by atoms with Gasteiger partial charge >= 0.3 is 5.97 Å². The molecule has 0 fully saturated rings. The maximum atomic E-state index is 11.8. The van der Waals surface area contributed by atoms with Crippen molar-refractivity contribution in [3.8, 4) is 0 Å². The minimum atomic E-state index is -1.30. The van der Waals surface area contributed by atoms with Gasteiger partial charge in [-0.05, 0) is 34.1 Å². The number of benzene rings is 1. The molecule has 1 aromatic heterocycles. The van der Waals surface area contributed by atoms with E-state index in [4.69, 9.17) is 16.7 Å². The quantitative estimate of drug-likeness (QED) is 0.892. The number of carbonyl (C=O) groups excluding carboxylic acids is 1. The number of carboxylic acid groups (broad SMARTS) is 1. The summed E-state index contributed by atoms with van der Waals surface area (Å²) in [7, 11) is 0. The molecule has 2 N–H and O–H groups in total. The smallest absolute Gasteiger partial charge is 0.374 e. The molecule has 8 heteroatoms. The molecular weight excluding hydrogens is 339 g/mol. The number of rotatable bonds is 3. The monoisotopic (exact) mass is 344 g/mol. The van der Waals surface area contributed by atoms with Crippen molar-refractivity contribution in [2.75, 3.05) is 5.32 Å².